The third kappa shape index (κ3) is 2.95. The van der Waals surface area contributed by atoms with E-state index < -0.39 is 0 Å². The van der Waals surface area contributed by atoms with Gasteiger partial charge in [-0.15, -0.1) is 0 Å². The van der Waals surface area contributed by atoms with E-state index in [2.05, 4.69) is 17.7 Å². The Balaban J connectivity index is 2.45. The molecule has 1 rings (SSSR count). The molecule has 11 heavy (non-hydrogen) atoms. The maximum Gasteiger partial charge on any atom is 0.188 e. The molecule has 4 heteroatoms. The van der Waals surface area contributed by atoms with Gasteiger partial charge < -0.3 is 12.8 Å². The predicted molar refractivity (Wildman–Crippen MR) is 42.2 cm³/mol. The molecule has 0 fully saturated rings. The van der Waals surface area contributed by atoms with Gasteiger partial charge in [-0.1, -0.05) is 30.3 Å². The van der Waals surface area contributed by atoms with Crippen LogP contribution in [0.25, 0.3) is 0 Å². The van der Waals surface area contributed by atoms with E-state index in [1.165, 1.54) is 0 Å². The number of benzene rings is 1. The fraction of sp³-hybridized carbons (Fsp3) is 0.143. The summed E-state index contributed by atoms with van der Waals surface area (Å²) in [7, 11) is 0. The summed E-state index contributed by atoms with van der Waals surface area (Å²) < 4.78 is 0.0347. The van der Waals surface area contributed by atoms with E-state index in [1.807, 2.05) is 30.3 Å². The number of rotatable bonds is 3. The van der Waals surface area contributed by atoms with Gasteiger partial charge in [0.1, 0.15) is 4.33 Å². The van der Waals surface area contributed by atoms with Crippen molar-refractivity contribution in [2.24, 2.45) is 0 Å². The molecule has 0 aliphatic heterocycles. The average molecular weight is 169 g/mol. The molecule has 0 heterocycles. The van der Waals surface area contributed by atoms with E-state index in [0.29, 0.717) is 0 Å². The molecule has 1 aromatic carbocycles. The van der Waals surface area contributed by atoms with E-state index >= 15 is 0 Å². The molecule has 58 valence electrons. The molecular formula is C7H7NO2S. The Morgan fingerprint density at radius 3 is 2.55 bits per heavy atom. The van der Waals surface area contributed by atoms with Gasteiger partial charge in [0, 0.05) is 0 Å². The molecule has 1 aromatic rings. The van der Waals surface area contributed by atoms with Crippen molar-refractivity contribution in [1.82, 2.24) is 0 Å². The first kappa shape index (κ1) is 7.94. The molecule has 0 unspecified atom stereocenters. The normalized spacial score (nSPS) is 9.09. The van der Waals surface area contributed by atoms with Gasteiger partial charge in [0.2, 0.25) is 0 Å². The van der Waals surface area contributed by atoms with Gasteiger partial charge >= 0.3 is 0 Å². The number of hydrogen-bond donors (Lipinski definition) is 0. The Kier molecular flexibility index (Phi) is 2.80. The molecule has 3 nitrogen and oxygen atoms in total. The first-order valence-electron chi connectivity index (χ1n) is 3.10. The smallest absolute Gasteiger partial charge is 0.188 e. The highest BCUT2D eigenvalue weighted by molar-refractivity contribution is 7.51. The van der Waals surface area contributed by atoms with Crippen LogP contribution in [0.4, 0.5) is 0 Å². The molecule has 0 saturated heterocycles. The fourth-order valence-electron chi connectivity index (χ4n) is 0.701. The molecule has 0 aliphatic carbocycles. The van der Waals surface area contributed by atoms with Crippen LogP contribution >= 0.6 is 0 Å². The predicted octanol–water partition coefficient (Wildman–Crippen LogP) is 1.36. The van der Waals surface area contributed by atoms with Crippen LogP contribution in [0.3, 0.4) is 0 Å². The Hall–Kier alpha value is -1.16. The summed E-state index contributed by atoms with van der Waals surface area (Å²) in [5, 5.41) is 0. The molecule has 0 N–H and O–H groups in total. The van der Waals surface area contributed by atoms with Crippen molar-refractivity contribution >= 4 is 12.8 Å². The van der Waals surface area contributed by atoms with Crippen LogP contribution in [0.5, 0.6) is 0 Å². The highest BCUT2D eigenvalue weighted by Crippen LogP contribution is 1.99. The summed E-state index contributed by atoms with van der Waals surface area (Å²) in [5.41, 5.74) is 0.929. The van der Waals surface area contributed by atoms with Gasteiger partial charge in [0.15, 0.2) is 6.61 Å². The van der Waals surface area contributed by atoms with Crippen LogP contribution in [0.15, 0.2) is 30.3 Å². The minimum atomic E-state index is 0.0347. The molecule has 0 radical (unpaired) electrons. The van der Waals surface area contributed by atoms with Crippen molar-refractivity contribution < 1.29 is 9.17 Å². The van der Waals surface area contributed by atoms with Crippen molar-refractivity contribution in [3.63, 3.8) is 0 Å². The minimum Gasteiger partial charge on any atom is -0.306 e. The van der Waals surface area contributed by atoms with Crippen molar-refractivity contribution in [1.29, 1.82) is 0 Å². The van der Waals surface area contributed by atoms with Crippen molar-refractivity contribution in [3.05, 3.63) is 40.8 Å². The van der Waals surface area contributed by atoms with Crippen molar-refractivity contribution in [2.75, 3.05) is 0 Å². The van der Waals surface area contributed by atoms with E-state index in [1.54, 1.807) is 0 Å². The molecule has 0 bridgehead atoms. The molecular weight excluding hydrogens is 162 g/mol. The topological polar surface area (TPSA) is 29.3 Å². The molecule has 0 spiro atoms. The lowest BCUT2D eigenvalue weighted by Crippen LogP contribution is -2.00. The zero-order valence-electron chi connectivity index (χ0n) is 5.77. The van der Waals surface area contributed by atoms with Gasteiger partial charge in [0.05, 0.1) is 4.91 Å². The van der Waals surface area contributed by atoms with Crippen LogP contribution in [0.2, 0.25) is 0 Å². The Bertz CT molecular complexity index is 237. The van der Waals surface area contributed by atoms with E-state index in [4.69, 9.17) is 0 Å². The quantitative estimate of drug-likeness (QED) is 0.505. The minimum absolute atomic E-state index is 0.0347. The monoisotopic (exact) mass is 169 g/mol. The Morgan fingerprint density at radius 2 is 2.00 bits per heavy atom. The highest BCUT2D eigenvalue weighted by atomic mass is 32.1. The van der Waals surface area contributed by atoms with Crippen LogP contribution in [-0.2, 0) is 24.3 Å². The van der Waals surface area contributed by atoms with E-state index in [0.717, 1.165) is 5.56 Å². The Morgan fingerprint density at radius 1 is 1.36 bits per heavy atom. The second-order valence-electron chi connectivity index (χ2n) is 1.98. The zero-order chi connectivity index (χ0) is 8.10. The molecule has 0 saturated carbocycles. The lowest BCUT2D eigenvalue weighted by atomic mass is 10.2. The van der Waals surface area contributed by atoms with Gasteiger partial charge in [-0.2, -0.15) is 0 Å². The summed E-state index contributed by atoms with van der Waals surface area (Å²) in [6.45, 7) is 0.230. The van der Waals surface area contributed by atoms with Crippen LogP contribution in [0, 0.1) is 4.91 Å². The summed E-state index contributed by atoms with van der Waals surface area (Å²) >= 11 is 4.13. The summed E-state index contributed by atoms with van der Waals surface area (Å²) in [4.78, 5) is 14.6. The molecule has 0 atom stereocenters. The zero-order valence-corrected chi connectivity index (χ0v) is 6.58. The first-order valence-corrected chi connectivity index (χ1v) is 3.47. The maximum absolute atomic E-state index is 10.1. The molecule has 0 aromatic heterocycles. The highest BCUT2D eigenvalue weighted by Gasteiger charge is 1.94. The lowest BCUT2D eigenvalue weighted by molar-refractivity contribution is -0.686. The van der Waals surface area contributed by atoms with Crippen LogP contribution in [0.1, 0.15) is 5.56 Å². The second kappa shape index (κ2) is 3.88. The van der Waals surface area contributed by atoms with Gasteiger partial charge in [-0.25, -0.2) is 4.84 Å². The molecule has 0 amide bonds. The summed E-state index contributed by atoms with van der Waals surface area (Å²) in [6, 6.07) is 9.36. The van der Waals surface area contributed by atoms with Crippen LogP contribution < -0.4 is 0 Å². The van der Waals surface area contributed by atoms with Crippen molar-refractivity contribution in [3.8, 4) is 0 Å². The van der Waals surface area contributed by atoms with E-state index in [-0.39, 0.29) is 10.9 Å². The molecule has 0 aliphatic rings. The largest absolute Gasteiger partial charge is 0.306 e. The number of hydrogen-bond acceptors (Lipinski definition) is 3. The standard InChI is InChI=1S/C7H7NO2S/c9-8(11)10-6-7-4-2-1-3-5-7/h1-5H,6H2. The van der Waals surface area contributed by atoms with Gasteiger partial charge in [0.25, 0.3) is 0 Å². The first-order chi connectivity index (χ1) is 5.29. The van der Waals surface area contributed by atoms with Crippen LogP contribution in [-0.4, -0.2) is 4.33 Å². The number of nitrogens with zero attached hydrogens (tertiary/aromatic N) is 1. The SMILES string of the molecule is O=[N+]([S-])OCc1ccccc1. The second-order valence-corrected chi connectivity index (χ2v) is 2.28. The van der Waals surface area contributed by atoms with Gasteiger partial charge in [-0.3, -0.25) is 0 Å². The lowest BCUT2D eigenvalue weighted by Gasteiger charge is -1.96. The maximum atomic E-state index is 10.1. The summed E-state index contributed by atoms with van der Waals surface area (Å²) in [5.74, 6) is 0. The third-order valence-corrected chi connectivity index (χ3v) is 1.28. The fourth-order valence-corrected chi connectivity index (χ4v) is 0.754. The van der Waals surface area contributed by atoms with Gasteiger partial charge in [-0.05, 0) is 5.56 Å². The average Bonchev–Trinajstić information content (AvgIpc) is 2.03. The van der Waals surface area contributed by atoms with Crippen molar-refractivity contribution in [2.45, 2.75) is 6.61 Å². The third-order valence-electron chi connectivity index (χ3n) is 1.18. The van der Waals surface area contributed by atoms with E-state index in [9.17, 15) is 4.91 Å². The Labute approximate surface area is 70.1 Å². The summed E-state index contributed by atoms with van der Waals surface area (Å²) in [6.07, 6.45) is 0.